The molecule has 0 aliphatic heterocycles. The zero-order valence-electron chi connectivity index (χ0n) is 20.8. The minimum absolute atomic E-state index is 0. The summed E-state index contributed by atoms with van der Waals surface area (Å²) >= 11 is 0. The first kappa shape index (κ1) is 26.2. The van der Waals surface area contributed by atoms with Gasteiger partial charge in [-0.05, 0) is 59.9 Å². The number of sulfonamides is 1. The molecule has 0 aliphatic rings. The third kappa shape index (κ3) is 6.69. The van der Waals surface area contributed by atoms with Crippen LogP contribution in [0, 0.1) is 0 Å². The predicted octanol–water partition coefficient (Wildman–Crippen LogP) is 4.57. The van der Waals surface area contributed by atoms with Crippen LogP contribution < -0.4 is 14.8 Å². The van der Waals surface area contributed by atoms with Crippen LogP contribution in [-0.2, 0) is 16.4 Å². The molecule has 0 bridgehead atoms. The van der Waals surface area contributed by atoms with E-state index in [1.165, 1.54) is 0 Å². The van der Waals surface area contributed by atoms with E-state index in [1.807, 2.05) is 49.5 Å². The number of aliphatic hydroxyl groups excluding tert-OH is 1. The predicted molar refractivity (Wildman–Crippen MR) is 149 cm³/mol. The summed E-state index contributed by atoms with van der Waals surface area (Å²) in [5.41, 5.74) is 4.23. The minimum Gasteiger partial charge on any atom is -0.493 e. The quantitative estimate of drug-likeness (QED) is 0.229. The second-order valence-corrected chi connectivity index (χ2v) is 10.7. The molecule has 9 heteroatoms. The number of carbonyl (C=O) groups excluding carboxylic acids is 1. The molecule has 0 saturated heterocycles. The average Bonchev–Trinajstić information content (AvgIpc) is 3.28. The van der Waals surface area contributed by atoms with E-state index in [2.05, 4.69) is 15.0 Å². The first-order chi connectivity index (χ1) is 17.8. The van der Waals surface area contributed by atoms with Crippen LogP contribution in [0.4, 0.5) is 5.69 Å². The molecule has 1 atom stereocenters. The van der Waals surface area contributed by atoms with Crippen LogP contribution in [-0.4, -0.2) is 49.9 Å². The molecule has 0 saturated carbocycles. The number of amides is 1. The van der Waals surface area contributed by atoms with E-state index in [0.717, 1.165) is 40.3 Å². The van der Waals surface area contributed by atoms with Crippen molar-refractivity contribution in [2.45, 2.75) is 25.8 Å². The fraction of sp³-hybridized carbons (Fsp3) is 0.250. The SMILES string of the molecule is CCCOc1ccc(-c2cccc(NS(C)(=O)=O)c2)cc1C(=O)N[C@@H](CO)Cc1c[nH]c2ccccc12.[HH]. The van der Waals surface area contributed by atoms with Gasteiger partial charge in [-0.1, -0.05) is 43.3 Å². The summed E-state index contributed by atoms with van der Waals surface area (Å²) in [4.78, 5) is 16.6. The van der Waals surface area contributed by atoms with Gasteiger partial charge >= 0.3 is 0 Å². The van der Waals surface area contributed by atoms with Crippen LogP contribution in [0.25, 0.3) is 22.0 Å². The lowest BCUT2D eigenvalue weighted by Crippen LogP contribution is -2.39. The molecule has 1 heterocycles. The van der Waals surface area contributed by atoms with Gasteiger partial charge in [-0.25, -0.2) is 8.42 Å². The molecule has 8 nitrogen and oxygen atoms in total. The van der Waals surface area contributed by atoms with Crippen molar-refractivity contribution in [1.29, 1.82) is 0 Å². The van der Waals surface area contributed by atoms with Crippen LogP contribution >= 0.6 is 0 Å². The van der Waals surface area contributed by atoms with Gasteiger partial charge in [-0.2, -0.15) is 0 Å². The summed E-state index contributed by atoms with van der Waals surface area (Å²) in [7, 11) is -3.43. The summed E-state index contributed by atoms with van der Waals surface area (Å²) in [6.07, 6.45) is 4.22. The molecule has 1 aromatic heterocycles. The van der Waals surface area contributed by atoms with Crippen molar-refractivity contribution >= 4 is 32.5 Å². The topological polar surface area (TPSA) is 121 Å². The van der Waals surface area contributed by atoms with Crippen LogP contribution in [0.5, 0.6) is 5.75 Å². The van der Waals surface area contributed by atoms with Crippen molar-refractivity contribution < 1.29 is 24.5 Å². The Kier molecular flexibility index (Phi) is 8.15. The summed E-state index contributed by atoms with van der Waals surface area (Å²) < 4.78 is 31.6. The number of aromatic nitrogens is 1. The van der Waals surface area contributed by atoms with Crippen LogP contribution in [0.15, 0.2) is 72.9 Å². The summed E-state index contributed by atoms with van der Waals surface area (Å²) in [5, 5.41) is 14.0. The van der Waals surface area contributed by atoms with Gasteiger partial charge in [0.2, 0.25) is 10.0 Å². The second kappa shape index (κ2) is 11.5. The Morgan fingerprint density at radius 1 is 1.08 bits per heavy atom. The van der Waals surface area contributed by atoms with Crippen molar-refractivity contribution in [3.05, 3.63) is 84.1 Å². The number of fused-ring (bicyclic) bond motifs is 1. The van der Waals surface area contributed by atoms with Gasteiger partial charge in [-0.15, -0.1) is 0 Å². The standard InChI is InChI=1S/C28H31N3O5S.H2/c1-3-13-36-27-12-11-20(19-7-6-8-22(14-19)31-37(2,34)35)16-25(27)28(33)30-23(18-32)15-21-17-29-26-10-5-4-9-24(21)26;/h4-12,14,16-17,23,29,31-32H,3,13,15,18H2,1-2H3,(H,30,33);1H/t23-;/m1./s1. The second-order valence-electron chi connectivity index (χ2n) is 8.93. The third-order valence-electron chi connectivity index (χ3n) is 5.88. The van der Waals surface area contributed by atoms with Crippen LogP contribution in [0.2, 0.25) is 0 Å². The molecule has 0 fully saturated rings. The maximum atomic E-state index is 13.4. The number of hydrogen-bond acceptors (Lipinski definition) is 5. The molecule has 196 valence electrons. The van der Waals surface area contributed by atoms with E-state index in [9.17, 15) is 18.3 Å². The van der Waals surface area contributed by atoms with Gasteiger partial charge in [0, 0.05) is 24.2 Å². The van der Waals surface area contributed by atoms with Gasteiger partial charge < -0.3 is 20.1 Å². The average molecular weight is 524 g/mol. The maximum absolute atomic E-state index is 13.4. The lowest BCUT2D eigenvalue weighted by Gasteiger charge is -2.18. The van der Waals surface area contributed by atoms with Gasteiger partial charge in [0.1, 0.15) is 5.75 Å². The smallest absolute Gasteiger partial charge is 0.255 e. The summed E-state index contributed by atoms with van der Waals surface area (Å²) in [6, 6.07) is 19.6. The van der Waals surface area contributed by atoms with Gasteiger partial charge in [0.05, 0.1) is 31.1 Å². The number of anilines is 1. The van der Waals surface area contributed by atoms with Crippen molar-refractivity contribution in [2.24, 2.45) is 0 Å². The molecule has 0 radical (unpaired) electrons. The minimum atomic E-state index is -3.43. The Bertz CT molecular complexity index is 1500. The number of benzene rings is 3. The summed E-state index contributed by atoms with van der Waals surface area (Å²) in [5.74, 6) is 0.0783. The number of hydrogen-bond donors (Lipinski definition) is 4. The van der Waals surface area contributed by atoms with Crippen LogP contribution in [0.3, 0.4) is 0 Å². The molecule has 0 unspecified atom stereocenters. The fourth-order valence-corrected chi connectivity index (χ4v) is 4.75. The van der Waals surface area contributed by atoms with Gasteiger partial charge in [0.15, 0.2) is 0 Å². The number of rotatable bonds is 11. The first-order valence-electron chi connectivity index (χ1n) is 12.1. The molecule has 0 spiro atoms. The van der Waals surface area contributed by atoms with E-state index >= 15 is 0 Å². The normalized spacial score (nSPS) is 12.3. The lowest BCUT2D eigenvalue weighted by molar-refractivity contribution is 0.0912. The van der Waals surface area contributed by atoms with E-state index in [1.54, 1.807) is 30.3 Å². The highest BCUT2D eigenvalue weighted by Crippen LogP contribution is 2.29. The Balaban J connectivity index is 0.00000400. The Hall–Kier alpha value is -3.82. The van der Waals surface area contributed by atoms with Gasteiger partial charge in [-0.3, -0.25) is 9.52 Å². The van der Waals surface area contributed by atoms with Crippen molar-refractivity contribution in [2.75, 3.05) is 24.2 Å². The molecule has 37 heavy (non-hydrogen) atoms. The molecular formula is C28H33N3O5S. The molecule has 3 aromatic carbocycles. The van der Waals surface area contributed by atoms with E-state index in [4.69, 9.17) is 4.74 Å². The monoisotopic (exact) mass is 523 g/mol. The number of para-hydroxylation sites is 1. The van der Waals surface area contributed by atoms with Gasteiger partial charge in [0.25, 0.3) is 5.91 Å². The summed E-state index contributed by atoms with van der Waals surface area (Å²) in [6.45, 7) is 2.21. The number of H-pyrrole nitrogens is 1. The molecule has 4 N–H and O–H groups in total. The lowest BCUT2D eigenvalue weighted by atomic mass is 10.0. The number of carbonyl (C=O) groups is 1. The molecule has 4 rings (SSSR count). The Morgan fingerprint density at radius 2 is 1.86 bits per heavy atom. The van der Waals surface area contributed by atoms with Crippen molar-refractivity contribution in [3.63, 3.8) is 0 Å². The van der Waals surface area contributed by atoms with E-state index < -0.39 is 16.1 Å². The molecular weight excluding hydrogens is 490 g/mol. The number of nitrogens with one attached hydrogen (secondary N) is 3. The van der Waals surface area contributed by atoms with Crippen molar-refractivity contribution in [1.82, 2.24) is 10.3 Å². The Labute approximate surface area is 218 Å². The maximum Gasteiger partial charge on any atom is 0.255 e. The molecule has 0 aliphatic carbocycles. The molecule has 1 amide bonds. The highest BCUT2D eigenvalue weighted by atomic mass is 32.2. The number of aliphatic hydroxyl groups is 1. The van der Waals surface area contributed by atoms with E-state index in [-0.39, 0.29) is 13.9 Å². The third-order valence-corrected chi connectivity index (χ3v) is 6.49. The zero-order valence-corrected chi connectivity index (χ0v) is 21.6. The first-order valence-corrected chi connectivity index (χ1v) is 14.0. The van der Waals surface area contributed by atoms with Crippen LogP contribution in [0.1, 0.15) is 30.7 Å². The number of ether oxygens (including phenoxy) is 1. The number of aromatic amines is 1. The Morgan fingerprint density at radius 3 is 2.62 bits per heavy atom. The fourth-order valence-electron chi connectivity index (χ4n) is 4.19. The highest BCUT2D eigenvalue weighted by molar-refractivity contribution is 7.92. The highest BCUT2D eigenvalue weighted by Gasteiger charge is 2.20. The zero-order chi connectivity index (χ0) is 26.4. The van der Waals surface area contributed by atoms with E-state index in [0.29, 0.717) is 30.0 Å². The largest absolute Gasteiger partial charge is 0.493 e. The van der Waals surface area contributed by atoms with Crippen molar-refractivity contribution in [3.8, 4) is 16.9 Å². The molecule has 4 aromatic rings.